The van der Waals surface area contributed by atoms with Crippen LogP contribution in [0.15, 0.2) is 23.1 Å². The predicted molar refractivity (Wildman–Crippen MR) is 87.9 cm³/mol. The third kappa shape index (κ3) is 2.77. The number of fused-ring (bicyclic) bond motifs is 1. The van der Waals surface area contributed by atoms with Crippen LogP contribution in [0.5, 0.6) is 0 Å². The second-order valence-corrected chi connectivity index (χ2v) is 6.60. The van der Waals surface area contributed by atoms with Crippen LogP contribution in [-0.2, 0) is 6.18 Å². The van der Waals surface area contributed by atoms with Crippen LogP contribution in [0.25, 0.3) is 11.0 Å². The van der Waals surface area contributed by atoms with Gasteiger partial charge in [0.1, 0.15) is 16.9 Å². The number of hydrogen-bond acceptors (Lipinski definition) is 4. The molecule has 0 aliphatic heterocycles. The zero-order valence-electron chi connectivity index (χ0n) is 14.1. The van der Waals surface area contributed by atoms with Crippen LogP contribution >= 0.6 is 0 Å². The number of nitrogens with zero attached hydrogens (tertiary/aromatic N) is 4. The third-order valence-corrected chi connectivity index (χ3v) is 4.60. The molecule has 136 valence electrons. The van der Waals surface area contributed by atoms with Gasteiger partial charge in [-0.1, -0.05) is 6.07 Å². The monoisotopic (exact) mass is 363 g/mol. The van der Waals surface area contributed by atoms with E-state index in [1.807, 2.05) is 0 Å². The van der Waals surface area contributed by atoms with E-state index in [-0.39, 0.29) is 11.5 Å². The Morgan fingerprint density at radius 2 is 2.04 bits per heavy atom. The fourth-order valence-electron chi connectivity index (χ4n) is 3.06. The lowest BCUT2D eigenvalue weighted by atomic mass is 10.1. The Morgan fingerprint density at radius 1 is 1.31 bits per heavy atom. The fraction of sp³-hybridized carbons (Fsp3) is 0.412. The molecule has 1 aliphatic rings. The van der Waals surface area contributed by atoms with E-state index < -0.39 is 17.9 Å². The Bertz CT molecular complexity index is 1030. The van der Waals surface area contributed by atoms with Gasteiger partial charge < -0.3 is 4.98 Å². The first kappa shape index (κ1) is 16.7. The van der Waals surface area contributed by atoms with Gasteiger partial charge in [-0.2, -0.15) is 18.3 Å². The summed E-state index contributed by atoms with van der Waals surface area (Å²) in [7, 11) is 0. The summed E-state index contributed by atoms with van der Waals surface area (Å²) >= 11 is 0. The highest BCUT2D eigenvalue weighted by molar-refractivity contribution is 5.78. The molecule has 0 saturated heterocycles. The van der Waals surface area contributed by atoms with Crippen molar-refractivity contribution in [2.75, 3.05) is 0 Å². The molecule has 6 nitrogen and oxygen atoms in total. The van der Waals surface area contributed by atoms with Gasteiger partial charge in [-0.05, 0) is 38.3 Å². The molecule has 1 fully saturated rings. The van der Waals surface area contributed by atoms with Crippen LogP contribution in [0.3, 0.4) is 0 Å². The van der Waals surface area contributed by atoms with Crippen LogP contribution in [0.4, 0.5) is 13.2 Å². The first-order valence-electron chi connectivity index (χ1n) is 8.28. The van der Waals surface area contributed by atoms with Crippen molar-refractivity contribution in [3.05, 3.63) is 51.5 Å². The molecule has 1 aliphatic carbocycles. The van der Waals surface area contributed by atoms with E-state index in [0.29, 0.717) is 28.1 Å². The maximum atomic E-state index is 12.7. The zero-order valence-corrected chi connectivity index (χ0v) is 14.1. The average molecular weight is 363 g/mol. The molecule has 0 radical (unpaired) electrons. The summed E-state index contributed by atoms with van der Waals surface area (Å²) < 4.78 is 39.7. The van der Waals surface area contributed by atoms with E-state index in [1.165, 1.54) is 12.3 Å². The Balaban J connectivity index is 1.82. The van der Waals surface area contributed by atoms with Crippen LogP contribution in [0, 0.1) is 6.92 Å². The van der Waals surface area contributed by atoms with Crippen LogP contribution < -0.4 is 5.56 Å². The number of hydrogen-bond donors (Lipinski definition) is 1. The van der Waals surface area contributed by atoms with Crippen molar-refractivity contribution in [3.8, 4) is 0 Å². The van der Waals surface area contributed by atoms with Gasteiger partial charge in [0.25, 0.3) is 5.56 Å². The van der Waals surface area contributed by atoms with Gasteiger partial charge >= 0.3 is 6.18 Å². The Morgan fingerprint density at radius 3 is 2.62 bits per heavy atom. The number of pyridine rings is 1. The summed E-state index contributed by atoms with van der Waals surface area (Å²) in [5, 5.41) is 5.05. The smallest absolute Gasteiger partial charge is 0.310 e. The van der Waals surface area contributed by atoms with Crippen molar-refractivity contribution in [2.45, 2.75) is 44.8 Å². The standard InChI is InChI=1S/C17H16F3N5O/c1-8(11-5-6-12(21-7-11)17(18,19)20)25-15-13(14(24-25)10-3-4-10)16(26)23-9(2)22-15/h5-8,10H,3-4H2,1-2H3,(H,22,23,26)/t8-/m0/s1. The number of H-pyrrole nitrogens is 1. The summed E-state index contributed by atoms with van der Waals surface area (Å²) in [5.41, 5.74) is 0.534. The molecular formula is C17H16F3N5O. The number of rotatable bonds is 3. The first-order chi connectivity index (χ1) is 12.3. The van der Waals surface area contributed by atoms with Crippen molar-refractivity contribution < 1.29 is 13.2 Å². The minimum atomic E-state index is -4.48. The lowest BCUT2D eigenvalue weighted by Gasteiger charge is -2.14. The number of halogens is 3. The minimum Gasteiger partial charge on any atom is -0.310 e. The second-order valence-electron chi connectivity index (χ2n) is 6.60. The van der Waals surface area contributed by atoms with Gasteiger partial charge in [-0.25, -0.2) is 9.67 Å². The van der Waals surface area contributed by atoms with Gasteiger partial charge in [-0.15, -0.1) is 0 Å². The van der Waals surface area contributed by atoms with Crippen molar-refractivity contribution in [1.29, 1.82) is 0 Å². The summed E-state index contributed by atoms with van der Waals surface area (Å²) in [6.07, 6.45) is -1.35. The van der Waals surface area contributed by atoms with Gasteiger partial charge in [-0.3, -0.25) is 9.78 Å². The Labute approximate surface area is 146 Å². The van der Waals surface area contributed by atoms with Crippen molar-refractivity contribution >= 4 is 11.0 Å². The van der Waals surface area contributed by atoms with E-state index >= 15 is 0 Å². The summed E-state index contributed by atoms with van der Waals surface area (Å²) in [4.78, 5) is 23.0. The van der Waals surface area contributed by atoms with Gasteiger partial charge in [0.05, 0.1) is 11.7 Å². The van der Waals surface area contributed by atoms with Crippen molar-refractivity contribution in [1.82, 2.24) is 24.7 Å². The minimum absolute atomic E-state index is 0.238. The molecule has 0 aromatic carbocycles. The zero-order chi connectivity index (χ0) is 18.6. The third-order valence-electron chi connectivity index (χ3n) is 4.60. The first-order valence-corrected chi connectivity index (χ1v) is 8.28. The molecule has 1 N–H and O–H groups in total. The van der Waals surface area contributed by atoms with E-state index in [0.717, 1.165) is 18.9 Å². The van der Waals surface area contributed by atoms with Crippen LogP contribution in [-0.4, -0.2) is 24.7 Å². The van der Waals surface area contributed by atoms with Crippen molar-refractivity contribution in [2.24, 2.45) is 0 Å². The van der Waals surface area contributed by atoms with E-state index in [4.69, 9.17) is 0 Å². The van der Waals surface area contributed by atoms with Crippen molar-refractivity contribution in [3.63, 3.8) is 0 Å². The molecule has 3 aromatic heterocycles. The van der Waals surface area contributed by atoms with Crippen LogP contribution in [0.2, 0.25) is 0 Å². The van der Waals surface area contributed by atoms with Crippen LogP contribution in [0.1, 0.15) is 54.5 Å². The number of nitrogens with one attached hydrogen (secondary N) is 1. The number of aryl methyl sites for hydroxylation is 1. The van der Waals surface area contributed by atoms with E-state index in [9.17, 15) is 18.0 Å². The van der Waals surface area contributed by atoms with Gasteiger partial charge in [0.2, 0.25) is 0 Å². The number of aromatic nitrogens is 5. The average Bonchev–Trinajstić information content (AvgIpc) is 3.34. The van der Waals surface area contributed by atoms with Gasteiger partial charge in [0.15, 0.2) is 5.65 Å². The molecule has 3 heterocycles. The summed E-state index contributed by atoms with van der Waals surface area (Å²) in [6, 6.07) is 1.92. The normalized spacial score (nSPS) is 16.2. The lowest BCUT2D eigenvalue weighted by Crippen LogP contribution is -2.14. The van der Waals surface area contributed by atoms with E-state index in [1.54, 1.807) is 18.5 Å². The maximum Gasteiger partial charge on any atom is 0.433 e. The second kappa shape index (κ2) is 5.65. The molecule has 1 atom stereocenters. The Kier molecular flexibility index (Phi) is 3.64. The predicted octanol–water partition coefficient (Wildman–Crippen LogP) is 3.33. The number of aromatic amines is 1. The highest BCUT2D eigenvalue weighted by Crippen LogP contribution is 2.42. The molecular weight excluding hydrogens is 347 g/mol. The summed E-state index contributed by atoms with van der Waals surface area (Å²) in [6.45, 7) is 3.48. The molecule has 0 spiro atoms. The lowest BCUT2D eigenvalue weighted by molar-refractivity contribution is -0.141. The Hall–Kier alpha value is -2.71. The summed E-state index contributed by atoms with van der Waals surface area (Å²) in [5.74, 6) is 0.700. The largest absolute Gasteiger partial charge is 0.433 e. The maximum absolute atomic E-state index is 12.7. The highest BCUT2D eigenvalue weighted by Gasteiger charge is 2.33. The molecule has 9 heteroatoms. The molecule has 0 unspecified atom stereocenters. The van der Waals surface area contributed by atoms with Gasteiger partial charge in [0, 0.05) is 12.1 Å². The molecule has 1 saturated carbocycles. The van der Waals surface area contributed by atoms with E-state index in [2.05, 4.69) is 20.1 Å². The number of alkyl halides is 3. The molecule has 3 aromatic rings. The molecule has 0 amide bonds. The fourth-order valence-corrected chi connectivity index (χ4v) is 3.06. The topological polar surface area (TPSA) is 76.5 Å². The highest BCUT2D eigenvalue weighted by atomic mass is 19.4. The molecule has 4 rings (SSSR count). The molecule has 26 heavy (non-hydrogen) atoms. The quantitative estimate of drug-likeness (QED) is 0.774. The molecule has 0 bridgehead atoms. The SMILES string of the molecule is Cc1nc2c(c(C3CC3)nn2[C@@H](C)c2ccc(C(F)(F)F)nc2)c(=O)[nH]1.